The van der Waals surface area contributed by atoms with Crippen LogP contribution in [0.1, 0.15) is 5.56 Å². The number of hydrogen-bond donors (Lipinski definition) is 0. The van der Waals surface area contributed by atoms with Crippen molar-refractivity contribution in [3.05, 3.63) is 23.8 Å². The highest BCUT2D eigenvalue weighted by atomic mass is 16.5. The largest absolute Gasteiger partial charge is 0.493 e. The summed E-state index contributed by atoms with van der Waals surface area (Å²) in [5.41, 5.74) is 0.796. The Balaban J connectivity index is 3.13. The Morgan fingerprint density at radius 1 is 1.05 bits per heavy atom. The first-order chi connectivity index (χ1) is 9.03. The number of amides is 1. The number of benzene rings is 1. The molecule has 0 bridgehead atoms. The van der Waals surface area contributed by atoms with E-state index in [0.717, 1.165) is 5.56 Å². The van der Waals surface area contributed by atoms with Crippen LogP contribution < -0.4 is 14.2 Å². The molecule has 1 aromatic rings. The average molecular weight is 265 g/mol. The summed E-state index contributed by atoms with van der Waals surface area (Å²) in [5, 5.41) is 0. The number of hydrogen-bond acceptors (Lipinski definition) is 4. The van der Waals surface area contributed by atoms with Gasteiger partial charge in [-0.1, -0.05) is 0 Å². The van der Waals surface area contributed by atoms with Crippen LogP contribution in [0.4, 0.5) is 0 Å². The smallest absolute Gasteiger partial charge is 0.246 e. The maximum Gasteiger partial charge on any atom is 0.246 e. The topological polar surface area (TPSA) is 48.0 Å². The highest BCUT2D eigenvalue weighted by Crippen LogP contribution is 2.38. The molecule has 0 atom stereocenters. The molecule has 104 valence electrons. The number of rotatable bonds is 5. The summed E-state index contributed by atoms with van der Waals surface area (Å²) in [4.78, 5) is 13.0. The average Bonchev–Trinajstić information content (AvgIpc) is 2.42. The van der Waals surface area contributed by atoms with E-state index >= 15 is 0 Å². The molecule has 0 aliphatic rings. The van der Waals surface area contributed by atoms with Crippen molar-refractivity contribution in [2.75, 3.05) is 35.4 Å². The molecule has 0 aromatic heterocycles. The molecule has 5 nitrogen and oxygen atoms in total. The second-order valence-electron chi connectivity index (χ2n) is 4.02. The molecular weight excluding hydrogens is 246 g/mol. The predicted octanol–water partition coefficient (Wildman–Crippen LogP) is 1.81. The van der Waals surface area contributed by atoms with Gasteiger partial charge in [-0.05, 0) is 23.8 Å². The normalized spacial score (nSPS) is 10.4. The van der Waals surface area contributed by atoms with E-state index in [1.165, 1.54) is 11.0 Å². The Morgan fingerprint density at radius 2 is 1.58 bits per heavy atom. The molecule has 0 radical (unpaired) electrons. The second-order valence-corrected chi connectivity index (χ2v) is 4.02. The predicted molar refractivity (Wildman–Crippen MR) is 73.8 cm³/mol. The van der Waals surface area contributed by atoms with Gasteiger partial charge in [0.2, 0.25) is 11.7 Å². The lowest BCUT2D eigenvalue weighted by atomic mass is 10.1. The molecule has 0 spiro atoms. The first-order valence-corrected chi connectivity index (χ1v) is 5.72. The van der Waals surface area contributed by atoms with Crippen molar-refractivity contribution in [2.24, 2.45) is 0 Å². The van der Waals surface area contributed by atoms with E-state index in [1.54, 1.807) is 53.6 Å². The standard InChI is InChI=1S/C14H19NO4/c1-15(2)13(16)7-6-10-8-11(17-3)14(19-5)12(9-10)18-4/h6-9H,1-5H3. The maximum absolute atomic E-state index is 11.5. The summed E-state index contributed by atoms with van der Waals surface area (Å²) in [6.45, 7) is 0. The summed E-state index contributed by atoms with van der Waals surface area (Å²) in [5.74, 6) is 1.55. The van der Waals surface area contributed by atoms with Crippen LogP contribution in [0.25, 0.3) is 6.08 Å². The molecule has 19 heavy (non-hydrogen) atoms. The number of carbonyl (C=O) groups excluding carboxylic acids is 1. The van der Waals surface area contributed by atoms with Crippen molar-refractivity contribution in [3.63, 3.8) is 0 Å². The van der Waals surface area contributed by atoms with Crippen molar-refractivity contribution in [1.29, 1.82) is 0 Å². The zero-order chi connectivity index (χ0) is 14.4. The van der Waals surface area contributed by atoms with Gasteiger partial charge in [-0.15, -0.1) is 0 Å². The van der Waals surface area contributed by atoms with E-state index in [1.807, 2.05) is 0 Å². The van der Waals surface area contributed by atoms with Gasteiger partial charge in [-0.25, -0.2) is 0 Å². The van der Waals surface area contributed by atoms with Crippen LogP contribution in [0.2, 0.25) is 0 Å². The molecular formula is C14H19NO4. The van der Waals surface area contributed by atoms with Gasteiger partial charge in [-0.3, -0.25) is 4.79 Å². The van der Waals surface area contributed by atoms with E-state index in [4.69, 9.17) is 14.2 Å². The van der Waals surface area contributed by atoms with Crippen molar-refractivity contribution < 1.29 is 19.0 Å². The number of carbonyl (C=O) groups is 1. The molecule has 1 amide bonds. The first kappa shape index (κ1) is 14.9. The Hall–Kier alpha value is -2.17. The highest BCUT2D eigenvalue weighted by molar-refractivity contribution is 5.91. The van der Waals surface area contributed by atoms with Crippen LogP contribution in [-0.2, 0) is 4.79 Å². The first-order valence-electron chi connectivity index (χ1n) is 5.72. The van der Waals surface area contributed by atoms with Gasteiger partial charge in [0, 0.05) is 20.2 Å². The molecule has 0 heterocycles. The van der Waals surface area contributed by atoms with Crippen molar-refractivity contribution in [3.8, 4) is 17.2 Å². The fourth-order valence-corrected chi connectivity index (χ4v) is 1.51. The lowest BCUT2D eigenvalue weighted by molar-refractivity contribution is -0.123. The number of nitrogens with zero attached hydrogens (tertiary/aromatic N) is 1. The zero-order valence-electron chi connectivity index (χ0n) is 11.9. The van der Waals surface area contributed by atoms with E-state index < -0.39 is 0 Å². The summed E-state index contributed by atoms with van der Waals surface area (Å²) >= 11 is 0. The zero-order valence-corrected chi connectivity index (χ0v) is 11.9. The minimum Gasteiger partial charge on any atom is -0.493 e. The molecule has 0 fully saturated rings. The van der Waals surface area contributed by atoms with Crippen LogP contribution in [-0.4, -0.2) is 46.2 Å². The van der Waals surface area contributed by atoms with Gasteiger partial charge in [-0.2, -0.15) is 0 Å². The van der Waals surface area contributed by atoms with Gasteiger partial charge in [0.25, 0.3) is 0 Å². The molecule has 0 aliphatic heterocycles. The molecule has 0 saturated heterocycles. The summed E-state index contributed by atoms with van der Waals surface area (Å²) in [6, 6.07) is 3.56. The fraction of sp³-hybridized carbons (Fsp3) is 0.357. The molecule has 1 rings (SSSR count). The molecule has 0 saturated carbocycles. The number of likely N-dealkylation sites (N-methyl/N-ethyl adjacent to an activating group) is 1. The molecule has 0 N–H and O–H groups in total. The van der Waals surface area contributed by atoms with Crippen LogP contribution in [0, 0.1) is 0 Å². The van der Waals surface area contributed by atoms with E-state index in [2.05, 4.69) is 0 Å². The minimum atomic E-state index is -0.0891. The van der Waals surface area contributed by atoms with Gasteiger partial charge in [0.1, 0.15) is 0 Å². The third-order valence-electron chi connectivity index (χ3n) is 2.55. The van der Waals surface area contributed by atoms with Gasteiger partial charge in [0.15, 0.2) is 11.5 Å². The van der Waals surface area contributed by atoms with Crippen LogP contribution >= 0.6 is 0 Å². The van der Waals surface area contributed by atoms with Gasteiger partial charge in [0.05, 0.1) is 21.3 Å². The lowest BCUT2D eigenvalue weighted by Crippen LogP contribution is -2.18. The van der Waals surface area contributed by atoms with Crippen molar-refractivity contribution >= 4 is 12.0 Å². The Bertz CT molecular complexity index is 455. The summed E-state index contributed by atoms with van der Waals surface area (Å²) < 4.78 is 15.7. The maximum atomic E-state index is 11.5. The Kier molecular flexibility index (Phi) is 5.23. The summed E-state index contributed by atoms with van der Waals surface area (Å²) in [7, 11) is 8.04. The highest BCUT2D eigenvalue weighted by Gasteiger charge is 2.12. The van der Waals surface area contributed by atoms with Gasteiger partial charge >= 0.3 is 0 Å². The minimum absolute atomic E-state index is 0.0891. The fourth-order valence-electron chi connectivity index (χ4n) is 1.51. The monoisotopic (exact) mass is 265 g/mol. The SMILES string of the molecule is COc1cc(C=CC(=O)N(C)C)cc(OC)c1OC. The van der Waals surface area contributed by atoms with E-state index in [0.29, 0.717) is 17.2 Å². The molecule has 1 aromatic carbocycles. The quantitative estimate of drug-likeness (QED) is 0.762. The van der Waals surface area contributed by atoms with E-state index in [9.17, 15) is 4.79 Å². The van der Waals surface area contributed by atoms with Crippen molar-refractivity contribution in [2.45, 2.75) is 0 Å². The lowest BCUT2D eigenvalue weighted by Gasteiger charge is -2.13. The second kappa shape index (κ2) is 6.68. The van der Waals surface area contributed by atoms with Crippen LogP contribution in [0.5, 0.6) is 17.2 Å². The van der Waals surface area contributed by atoms with Gasteiger partial charge < -0.3 is 19.1 Å². The Morgan fingerprint density at radius 3 is 1.95 bits per heavy atom. The third kappa shape index (κ3) is 3.64. The molecule has 0 aliphatic carbocycles. The number of methoxy groups -OCH3 is 3. The van der Waals surface area contributed by atoms with Crippen LogP contribution in [0.3, 0.4) is 0 Å². The third-order valence-corrected chi connectivity index (χ3v) is 2.55. The van der Waals surface area contributed by atoms with E-state index in [-0.39, 0.29) is 5.91 Å². The number of ether oxygens (including phenoxy) is 3. The van der Waals surface area contributed by atoms with Crippen LogP contribution in [0.15, 0.2) is 18.2 Å². The molecule has 0 unspecified atom stereocenters. The molecule has 5 heteroatoms. The Labute approximate surface area is 113 Å². The summed E-state index contributed by atoms with van der Waals surface area (Å²) in [6.07, 6.45) is 3.19. The van der Waals surface area contributed by atoms with Crippen molar-refractivity contribution in [1.82, 2.24) is 4.90 Å².